The summed E-state index contributed by atoms with van der Waals surface area (Å²) < 4.78 is 13.3. The summed E-state index contributed by atoms with van der Waals surface area (Å²) in [7, 11) is 0. The lowest BCUT2D eigenvalue weighted by Gasteiger charge is -2.37. The summed E-state index contributed by atoms with van der Waals surface area (Å²) in [5.74, 6) is 0.238. The van der Waals surface area contributed by atoms with Crippen LogP contribution in [0.4, 0.5) is 10.1 Å². The van der Waals surface area contributed by atoms with E-state index in [9.17, 15) is 4.39 Å². The fraction of sp³-hybridized carbons (Fsp3) is 0.533. The predicted octanol–water partition coefficient (Wildman–Crippen LogP) is 1.89. The summed E-state index contributed by atoms with van der Waals surface area (Å²) in [6.07, 6.45) is 0. The van der Waals surface area contributed by atoms with Gasteiger partial charge in [0, 0.05) is 44.0 Å². The number of rotatable bonds is 4. The molecule has 0 radical (unpaired) electrons. The Labute approximate surface area is 119 Å². The van der Waals surface area contributed by atoms with Gasteiger partial charge in [0.1, 0.15) is 11.7 Å². The van der Waals surface area contributed by atoms with Crippen molar-refractivity contribution in [2.45, 2.75) is 13.8 Å². The van der Waals surface area contributed by atoms with Gasteiger partial charge in [0.25, 0.3) is 0 Å². The van der Waals surface area contributed by atoms with Crippen molar-refractivity contribution in [2.24, 2.45) is 11.7 Å². The minimum atomic E-state index is -0.350. The van der Waals surface area contributed by atoms with Gasteiger partial charge in [-0.2, -0.15) is 0 Å². The number of anilines is 1. The highest BCUT2D eigenvalue weighted by Gasteiger charge is 2.20. The van der Waals surface area contributed by atoms with Gasteiger partial charge < -0.3 is 10.6 Å². The number of amidine groups is 1. The highest BCUT2D eigenvalue weighted by atomic mass is 19.1. The van der Waals surface area contributed by atoms with E-state index in [2.05, 4.69) is 23.6 Å². The normalized spacial score (nSPS) is 16.7. The molecule has 0 amide bonds. The molecule has 110 valence electrons. The van der Waals surface area contributed by atoms with E-state index in [0.717, 1.165) is 38.4 Å². The molecule has 4 nitrogen and oxygen atoms in total. The van der Waals surface area contributed by atoms with E-state index < -0.39 is 0 Å². The van der Waals surface area contributed by atoms with E-state index in [0.29, 0.717) is 11.5 Å². The molecule has 3 N–H and O–H groups in total. The van der Waals surface area contributed by atoms with Crippen molar-refractivity contribution < 1.29 is 4.39 Å². The number of nitrogen functional groups attached to an aromatic ring is 1. The second-order valence-corrected chi connectivity index (χ2v) is 5.76. The Morgan fingerprint density at radius 2 is 1.95 bits per heavy atom. The smallest absolute Gasteiger partial charge is 0.125 e. The molecule has 0 aromatic heterocycles. The SMILES string of the molecule is CC(C)CN1CCN(c2ccc(F)cc2C(=N)N)CC1. The number of nitrogens with two attached hydrogens (primary N) is 1. The lowest BCUT2D eigenvalue weighted by molar-refractivity contribution is 0.231. The zero-order valence-corrected chi connectivity index (χ0v) is 12.2. The van der Waals surface area contributed by atoms with Crippen LogP contribution in [0.15, 0.2) is 18.2 Å². The number of nitrogens with zero attached hydrogens (tertiary/aromatic N) is 2. The average molecular weight is 278 g/mol. The number of benzene rings is 1. The van der Waals surface area contributed by atoms with Crippen LogP contribution >= 0.6 is 0 Å². The monoisotopic (exact) mass is 278 g/mol. The van der Waals surface area contributed by atoms with Crippen LogP contribution in [0.2, 0.25) is 0 Å². The number of halogens is 1. The maximum absolute atomic E-state index is 13.3. The molecule has 1 aromatic rings. The molecule has 0 atom stereocenters. The summed E-state index contributed by atoms with van der Waals surface area (Å²) in [4.78, 5) is 4.63. The second kappa shape index (κ2) is 6.22. The van der Waals surface area contributed by atoms with E-state index in [1.54, 1.807) is 6.07 Å². The second-order valence-electron chi connectivity index (χ2n) is 5.76. The van der Waals surface area contributed by atoms with Crippen LogP contribution in [0.1, 0.15) is 19.4 Å². The maximum Gasteiger partial charge on any atom is 0.125 e. The fourth-order valence-electron chi connectivity index (χ4n) is 2.69. The zero-order valence-electron chi connectivity index (χ0n) is 12.2. The highest BCUT2D eigenvalue weighted by molar-refractivity contribution is 6.00. The van der Waals surface area contributed by atoms with Crippen molar-refractivity contribution in [2.75, 3.05) is 37.6 Å². The standard InChI is InChI=1S/C15H23FN4/c1-11(2)10-19-5-7-20(8-6-19)14-4-3-12(16)9-13(14)15(17)18/h3-4,9,11H,5-8,10H2,1-2H3,(H3,17,18). The Balaban J connectivity index is 2.09. The predicted molar refractivity (Wildman–Crippen MR) is 80.9 cm³/mol. The molecule has 0 spiro atoms. The van der Waals surface area contributed by atoms with Crippen molar-refractivity contribution >= 4 is 11.5 Å². The van der Waals surface area contributed by atoms with E-state index >= 15 is 0 Å². The van der Waals surface area contributed by atoms with Crippen molar-refractivity contribution in [1.82, 2.24) is 4.90 Å². The summed E-state index contributed by atoms with van der Waals surface area (Å²) in [5.41, 5.74) is 6.92. The molecule has 0 saturated carbocycles. The van der Waals surface area contributed by atoms with Crippen LogP contribution < -0.4 is 10.6 Å². The van der Waals surface area contributed by atoms with Gasteiger partial charge in [-0.15, -0.1) is 0 Å². The van der Waals surface area contributed by atoms with Crippen LogP contribution in [0.5, 0.6) is 0 Å². The summed E-state index contributed by atoms with van der Waals surface area (Å²) in [6, 6.07) is 4.50. The number of hydrogen-bond acceptors (Lipinski definition) is 3. The Bertz CT molecular complexity index is 479. The minimum Gasteiger partial charge on any atom is -0.384 e. The van der Waals surface area contributed by atoms with Gasteiger partial charge in [0.2, 0.25) is 0 Å². The first-order chi connectivity index (χ1) is 9.47. The molecule has 0 aliphatic carbocycles. The number of hydrogen-bond donors (Lipinski definition) is 2. The summed E-state index contributed by atoms with van der Waals surface area (Å²) in [5, 5.41) is 7.60. The first-order valence-electron chi connectivity index (χ1n) is 7.08. The molecule has 0 bridgehead atoms. The van der Waals surface area contributed by atoms with Crippen molar-refractivity contribution in [1.29, 1.82) is 5.41 Å². The van der Waals surface area contributed by atoms with E-state index in [1.807, 2.05) is 0 Å². The Morgan fingerprint density at radius 1 is 1.30 bits per heavy atom. The lowest BCUT2D eigenvalue weighted by atomic mass is 10.1. The van der Waals surface area contributed by atoms with Crippen LogP contribution in [-0.4, -0.2) is 43.5 Å². The van der Waals surface area contributed by atoms with Gasteiger partial charge >= 0.3 is 0 Å². The van der Waals surface area contributed by atoms with E-state index in [-0.39, 0.29) is 11.7 Å². The maximum atomic E-state index is 13.3. The molecule has 1 saturated heterocycles. The number of piperazine rings is 1. The molecular weight excluding hydrogens is 255 g/mol. The zero-order chi connectivity index (χ0) is 14.7. The van der Waals surface area contributed by atoms with Gasteiger partial charge in [-0.3, -0.25) is 10.3 Å². The van der Waals surface area contributed by atoms with Gasteiger partial charge in [-0.25, -0.2) is 4.39 Å². The van der Waals surface area contributed by atoms with E-state index in [1.165, 1.54) is 12.1 Å². The van der Waals surface area contributed by atoms with Gasteiger partial charge in [-0.05, 0) is 24.1 Å². The van der Waals surface area contributed by atoms with Gasteiger partial charge in [0.05, 0.1) is 0 Å². The number of nitrogens with one attached hydrogen (secondary N) is 1. The van der Waals surface area contributed by atoms with Crippen LogP contribution in [0.25, 0.3) is 0 Å². The quantitative estimate of drug-likeness (QED) is 0.653. The van der Waals surface area contributed by atoms with Crippen molar-refractivity contribution in [3.8, 4) is 0 Å². The lowest BCUT2D eigenvalue weighted by Crippen LogP contribution is -2.47. The molecule has 1 heterocycles. The minimum absolute atomic E-state index is 0.0795. The third-order valence-corrected chi connectivity index (χ3v) is 3.59. The molecule has 1 aliphatic rings. The molecular formula is C15H23FN4. The van der Waals surface area contributed by atoms with Crippen LogP contribution in [0.3, 0.4) is 0 Å². The van der Waals surface area contributed by atoms with Crippen molar-refractivity contribution in [3.05, 3.63) is 29.6 Å². The largest absolute Gasteiger partial charge is 0.384 e. The topological polar surface area (TPSA) is 56.4 Å². The summed E-state index contributed by atoms with van der Waals surface area (Å²) in [6.45, 7) is 9.31. The molecule has 1 fully saturated rings. The third kappa shape index (κ3) is 3.48. The van der Waals surface area contributed by atoms with Crippen LogP contribution in [0, 0.1) is 17.1 Å². The average Bonchev–Trinajstić information content (AvgIpc) is 2.39. The molecule has 1 aromatic carbocycles. The van der Waals surface area contributed by atoms with Crippen molar-refractivity contribution in [3.63, 3.8) is 0 Å². The molecule has 5 heteroatoms. The first kappa shape index (κ1) is 14.8. The highest BCUT2D eigenvalue weighted by Crippen LogP contribution is 2.23. The molecule has 0 unspecified atom stereocenters. The Kier molecular flexibility index (Phi) is 4.60. The Morgan fingerprint density at radius 3 is 2.50 bits per heavy atom. The van der Waals surface area contributed by atoms with Gasteiger partial charge in [0.15, 0.2) is 0 Å². The fourth-order valence-corrected chi connectivity index (χ4v) is 2.69. The summed E-state index contributed by atoms with van der Waals surface area (Å²) >= 11 is 0. The van der Waals surface area contributed by atoms with E-state index in [4.69, 9.17) is 11.1 Å². The van der Waals surface area contributed by atoms with Crippen LogP contribution in [-0.2, 0) is 0 Å². The molecule has 1 aliphatic heterocycles. The van der Waals surface area contributed by atoms with Gasteiger partial charge in [-0.1, -0.05) is 13.8 Å². The first-order valence-corrected chi connectivity index (χ1v) is 7.08. The molecule has 2 rings (SSSR count). The molecule has 20 heavy (non-hydrogen) atoms. The third-order valence-electron chi connectivity index (χ3n) is 3.59. The Hall–Kier alpha value is -1.62.